The Morgan fingerprint density at radius 3 is 2.52 bits per heavy atom. The van der Waals surface area contributed by atoms with E-state index >= 15 is 0 Å². The predicted octanol–water partition coefficient (Wildman–Crippen LogP) is 4.22. The minimum Gasteiger partial charge on any atom is -0.481 e. The molecule has 6 heteroatoms. The Morgan fingerprint density at radius 2 is 1.85 bits per heavy atom. The smallest absolute Gasteiger partial charge is 0.310 e. The van der Waals surface area contributed by atoms with Crippen LogP contribution < -0.4 is 5.32 Å². The molecule has 1 aliphatic rings. The zero-order valence-electron chi connectivity index (χ0n) is 15.1. The molecule has 0 radical (unpaired) electrons. The Bertz CT molecular complexity index is 846. The van der Waals surface area contributed by atoms with Crippen molar-refractivity contribution in [1.82, 2.24) is 0 Å². The summed E-state index contributed by atoms with van der Waals surface area (Å²) in [6.45, 7) is 2.61. The second-order valence-corrected chi connectivity index (χ2v) is 7.28. The van der Waals surface area contributed by atoms with E-state index in [2.05, 4.69) is 5.32 Å². The molecular formula is C21H22ClNO4. The summed E-state index contributed by atoms with van der Waals surface area (Å²) in [4.78, 5) is 24.5. The van der Waals surface area contributed by atoms with E-state index in [0.717, 1.165) is 5.56 Å². The van der Waals surface area contributed by atoms with Crippen molar-refractivity contribution in [2.24, 2.45) is 0 Å². The Hall–Kier alpha value is -2.37. The van der Waals surface area contributed by atoms with Crippen LogP contribution in [0.15, 0.2) is 48.5 Å². The highest BCUT2D eigenvalue weighted by atomic mass is 35.5. The van der Waals surface area contributed by atoms with Crippen LogP contribution in [0.3, 0.4) is 0 Å². The van der Waals surface area contributed by atoms with Gasteiger partial charge in [0.1, 0.15) is 0 Å². The highest BCUT2D eigenvalue weighted by Gasteiger charge is 2.41. The normalized spacial score (nSPS) is 17.1. The topological polar surface area (TPSA) is 75.6 Å². The van der Waals surface area contributed by atoms with Crippen LogP contribution in [0.4, 0.5) is 5.69 Å². The third-order valence-corrected chi connectivity index (χ3v) is 5.41. The third-order valence-electron chi connectivity index (χ3n) is 5.17. The highest BCUT2D eigenvalue weighted by Crippen LogP contribution is 2.37. The maximum Gasteiger partial charge on any atom is 0.310 e. The molecule has 1 amide bonds. The van der Waals surface area contributed by atoms with Crippen molar-refractivity contribution in [2.75, 3.05) is 18.5 Å². The lowest BCUT2D eigenvalue weighted by atomic mass is 9.73. The summed E-state index contributed by atoms with van der Waals surface area (Å²) in [5.41, 5.74) is 1.37. The van der Waals surface area contributed by atoms with Gasteiger partial charge in [0, 0.05) is 23.9 Å². The third kappa shape index (κ3) is 4.15. The van der Waals surface area contributed by atoms with E-state index in [4.69, 9.17) is 16.3 Å². The van der Waals surface area contributed by atoms with E-state index < -0.39 is 17.3 Å². The molecule has 1 saturated heterocycles. The van der Waals surface area contributed by atoms with Crippen LogP contribution in [0, 0.1) is 0 Å². The zero-order valence-corrected chi connectivity index (χ0v) is 15.8. The monoisotopic (exact) mass is 387 g/mol. The number of nitrogens with one attached hydrogen (secondary N) is 1. The minimum atomic E-state index is -0.904. The number of anilines is 1. The molecular weight excluding hydrogens is 366 g/mol. The van der Waals surface area contributed by atoms with E-state index in [1.54, 1.807) is 37.3 Å². The van der Waals surface area contributed by atoms with Crippen molar-refractivity contribution >= 4 is 29.2 Å². The van der Waals surface area contributed by atoms with Crippen LogP contribution in [0.5, 0.6) is 0 Å². The number of carbonyl (C=O) groups excluding carboxylic acids is 1. The second kappa shape index (κ2) is 8.11. The molecule has 0 aromatic heterocycles. The SMILES string of the molecule is CC(C(=O)O)c1cccc(NC(=O)C2(c3cccc(Cl)c3)CCOCC2)c1. The standard InChI is InChI=1S/C21H22ClNO4/c1-14(19(24)25)15-4-2-7-18(12-15)23-20(26)21(8-10-27-11-9-21)16-5-3-6-17(22)13-16/h2-7,12-14H,8-11H2,1H3,(H,23,26)(H,24,25). The molecule has 1 fully saturated rings. The van der Waals surface area contributed by atoms with Gasteiger partial charge in [-0.1, -0.05) is 35.9 Å². The molecule has 0 aliphatic carbocycles. The van der Waals surface area contributed by atoms with Gasteiger partial charge in [-0.2, -0.15) is 0 Å². The average Bonchev–Trinajstić information content (AvgIpc) is 2.68. The van der Waals surface area contributed by atoms with Gasteiger partial charge in [-0.15, -0.1) is 0 Å². The maximum absolute atomic E-state index is 13.3. The molecule has 142 valence electrons. The number of hydrogen-bond acceptors (Lipinski definition) is 3. The Kier molecular flexibility index (Phi) is 5.82. The lowest BCUT2D eigenvalue weighted by molar-refractivity contribution is -0.138. The summed E-state index contributed by atoms with van der Waals surface area (Å²) >= 11 is 6.16. The first kappa shape index (κ1) is 19.4. The molecule has 2 N–H and O–H groups in total. The molecule has 1 unspecified atom stereocenters. The van der Waals surface area contributed by atoms with E-state index in [-0.39, 0.29) is 5.91 Å². The molecule has 5 nitrogen and oxygen atoms in total. The summed E-state index contributed by atoms with van der Waals surface area (Å²) in [6, 6.07) is 14.3. The Balaban J connectivity index is 1.90. The van der Waals surface area contributed by atoms with Crippen LogP contribution in [0.25, 0.3) is 0 Å². The summed E-state index contributed by atoms with van der Waals surface area (Å²) in [7, 11) is 0. The Morgan fingerprint density at radius 1 is 1.15 bits per heavy atom. The predicted molar refractivity (Wildman–Crippen MR) is 104 cm³/mol. The van der Waals surface area contributed by atoms with Gasteiger partial charge < -0.3 is 15.2 Å². The van der Waals surface area contributed by atoms with Gasteiger partial charge in [-0.05, 0) is 55.2 Å². The van der Waals surface area contributed by atoms with Gasteiger partial charge >= 0.3 is 5.97 Å². The number of rotatable bonds is 5. The molecule has 2 aromatic carbocycles. The van der Waals surface area contributed by atoms with Crippen molar-refractivity contribution in [3.63, 3.8) is 0 Å². The highest BCUT2D eigenvalue weighted by molar-refractivity contribution is 6.30. The lowest BCUT2D eigenvalue weighted by Crippen LogP contribution is -2.44. The van der Waals surface area contributed by atoms with Gasteiger partial charge in [-0.3, -0.25) is 9.59 Å². The summed E-state index contributed by atoms with van der Waals surface area (Å²) in [5.74, 6) is -1.68. The zero-order chi connectivity index (χ0) is 19.4. The van der Waals surface area contributed by atoms with Crippen molar-refractivity contribution in [3.05, 3.63) is 64.7 Å². The molecule has 1 heterocycles. The van der Waals surface area contributed by atoms with Gasteiger partial charge in [-0.25, -0.2) is 0 Å². The van der Waals surface area contributed by atoms with E-state index in [1.165, 1.54) is 0 Å². The summed E-state index contributed by atoms with van der Waals surface area (Å²) in [5, 5.41) is 12.8. The number of amides is 1. The number of ether oxygens (including phenoxy) is 1. The van der Waals surface area contributed by atoms with Crippen LogP contribution in [-0.2, 0) is 19.7 Å². The van der Waals surface area contributed by atoms with Gasteiger partial charge in [0.2, 0.25) is 5.91 Å². The van der Waals surface area contributed by atoms with E-state index in [1.807, 2.05) is 18.2 Å². The molecule has 3 rings (SSSR count). The number of aliphatic carboxylic acids is 1. The number of carboxylic acids is 1. The Labute approximate surface area is 163 Å². The van der Waals surface area contributed by atoms with Gasteiger partial charge in [0.25, 0.3) is 0 Å². The summed E-state index contributed by atoms with van der Waals surface area (Å²) < 4.78 is 5.48. The number of halogens is 1. The minimum absolute atomic E-state index is 0.131. The van der Waals surface area contributed by atoms with E-state index in [9.17, 15) is 14.7 Å². The van der Waals surface area contributed by atoms with Crippen LogP contribution >= 0.6 is 11.6 Å². The lowest BCUT2D eigenvalue weighted by Gasteiger charge is -2.36. The van der Waals surface area contributed by atoms with Crippen molar-refractivity contribution in [2.45, 2.75) is 31.1 Å². The molecule has 1 atom stereocenters. The number of carboxylic acid groups (broad SMARTS) is 1. The second-order valence-electron chi connectivity index (χ2n) is 6.84. The number of hydrogen-bond donors (Lipinski definition) is 2. The molecule has 0 bridgehead atoms. The summed E-state index contributed by atoms with van der Waals surface area (Å²) in [6.07, 6.45) is 1.12. The quantitative estimate of drug-likeness (QED) is 0.805. The largest absolute Gasteiger partial charge is 0.481 e. The van der Waals surface area contributed by atoms with Gasteiger partial charge in [0.15, 0.2) is 0 Å². The first-order valence-corrected chi connectivity index (χ1v) is 9.28. The molecule has 1 aliphatic heterocycles. The number of carbonyl (C=O) groups is 2. The number of benzene rings is 2. The van der Waals surface area contributed by atoms with Crippen molar-refractivity contribution in [1.29, 1.82) is 0 Å². The fourth-order valence-electron chi connectivity index (χ4n) is 3.43. The van der Waals surface area contributed by atoms with Crippen LogP contribution in [0.2, 0.25) is 5.02 Å². The molecule has 27 heavy (non-hydrogen) atoms. The first-order chi connectivity index (χ1) is 12.9. The average molecular weight is 388 g/mol. The van der Waals surface area contributed by atoms with E-state index in [0.29, 0.717) is 42.3 Å². The van der Waals surface area contributed by atoms with Crippen molar-refractivity contribution in [3.8, 4) is 0 Å². The first-order valence-electron chi connectivity index (χ1n) is 8.90. The van der Waals surface area contributed by atoms with Gasteiger partial charge in [0.05, 0.1) is 11.3 Å². The fraction of sp³-hybridized carbons (Fsp3) is 0.333. The molecule has 0 saturated carbocycles. The fourth-order valence-corrected chi connectivity index (χ4v) is 3.62. The molecule has 0 spiro atoms. The molecule has 2 aromatic rings. The van der Waals surface area contributed by atoms with Crippen molar-refractivity contribution < 1.29 is 19.4 Å². The maximum atomic E-state index is 13.3. The van der Waals surface area contributed by atoms with Crippen LogP contribution in [-0.4, -0.2) is 30.2 Å². The van der Waals surface area contributed by atoms with Crippen LogP contribution in [0.1, 0.15) is 36.8 Å².